The molecule has 0 radical (unpaired) electrons. The number of carbonyl (C=O) groups is 4. The Kier molecular flexibility index (Phi) is 6.46. The fraction of sp³-hybridized carbons (Fsp3) is 0.222. The number of rotatable bonds is 5. The molecule has 6 unspecified atom stereocenters. The second-order valence-electron chi connectivity index (χ2n) is 11.8. The van der Waals surface area contributed by atoms with E-state index in [4.69, 9.17) is 0 Å². The van der Waals surface area contributed by atoms with Crippen molar-refractivity contribution in [3.05, 3.63) is 114 Å². The predicted molar refractivity (Wildman–Crippen MR) is 164 cm³/mol. The Bertz CT molecular complexity index is 1790. The van der Waals surface area contributed by atoms with Crippen molar-refractivity contribution in [1.82, 2.24) is 0 Å². The van der Waals surface area contributed by atoms with Gasteiger partial charge >= 0.3 is 0 Å². The van der Waals surface area contributed by atoms with Gasteiger partial charge in [0.05, 0.1) is 35.0 Å². The number of halogens is 1. The Morgan fingerprint density at radius 2 is 1.25 bits per heavy atom. The van der Waals surface area contributed by atoms with Gasteiger partial charge in [0, 0.05) is 11.5 Å². The molecule has 44 heavy (non-hydrogen) atoms. The van der Waals surface area contributed by atoms with Crippen LogP contribution in [0.1, 0.15) is 35.4 Å². The average molecular weight is 589 g/mol. The molecule has 6 atom stereocenters. The first kappa shape index (κ1) is 27.7. The van der Waals surface area contributed by atoms with Crippen molar-refractivity contribution in [2.24, 2.45) is 29.6 Å². The highest BCUT2D eigenvalue weighted by molar-refractivity contribution is 6.24. The third-order valence-corrected chi connectivity index (χ3v) is 9.78. The Morgan fingerprint density at radius 1 is 0.705 bits per heavy atom. The van der Waals surface area contributed by atoms with Gasteiger partial charge in [-0.15, -0.1) is 0 Å². The van der Waals surface area contributed by atoms with Gasteiger partial charge in [0.1, 0.15) is 0 Å². The van der Waals surface area contributed by atoms with E-state index in [1.807, 2.05) is 6.08 Å². The van der Waals surface area contributed by atoms with Gasteiger partial charge in [0.15, 0.2) is 11.6 Å². The van der Waals surface area contributed by atoms with Crippen LogP contribution in [0.5, 0.6) is 5.75 Å². The molecule has 3 fully saturated rings. The lowest BCUT2D eigenvalue weighted by Crippen LogP contribution is -2.43. The van der Waals surface area contributed by atoms with Crippen molar-refractivity contribution < 1.29 is 28.7 Å². The average Bonchev–Trinajstić information content (AvgIpc) is 3.45. The number of para-hydroxylation sites is 1. The number of benzene rings is 3. The Balaban J connectivity index is 1.33. The maximum absolute atomic E-state index is 14.8. The molecule has 2 heterocycles. The topological polar surface area (TPSA) is 95.0 Å². The summed E-state index contributed by atoms with van der Waals surface area (Å²) in [6.45, 7) is 7.50. The first-order valence-corrected chi connectivity index (χ1v) is 14.6. The summed E-state index contributed by atoms with van der Waals surface area (Å²) in [5, 5.41) is 10.9. The fourth-order valence-electron chi connectivity index (χ4n) is 7.75. The molecule has 2 aliphatic carbocycles. The van der Waals surface area contributed by atoms with Crippen LogP contribution in [0.3, 0.4) is 0 Å². The summed E-state index contributed by atoms with van der Waals surface area (Å²) in [6, 6.07) is 18.0. The molecule has 3 aromatic carbocycles. The molecule has 8 heteroatoms. The zero-order valence-electron chi connectivity index (χ0n) is 23.7. The standard InChI is InChI=1S/C36H29FN2O5/c1-3-19-8-12-21(13-9-19)38-33(41)25-17-16-23-26(30(25)35(38)43)18-27-31(29(23)24-6-5-7-28(37)32(24)40)36(44)39(34(27)42)22-14-10-20(4-2)11-15-22/h3-16,25-27,29-31,40H,1-2,17-18H2. The Hall–Kier alpha value is -5.11. The SMILES string of the molecule is C=Cc1ccc(N2C(=O)C3CC=C4C(CC5C(=O)N(c6ccc(C=C)cc6)C(=O)C5C4c4cccc(F)c4O)C3C2=O)cc1. The molecule has 1 saturated carbocycles. The van der Waals surface area contributed by atoms with Crippen LogP contribution >= 0.6 is 0 Å². The number of aromatic hydroxyl groups is 1. The van der Waals surface area contributed by atoms with Crippen molar-refractivity contribution in [3.8, 4) is 5.75 Å². The van der Waals surface area contributed by atoms with E-state index in [0.29, 0.717) is 16.9 Å². The van der Waals surface area contributed by atoms with Crippen LogP contribution in [-0.4, -0.2) is 28.7 Å². The van der Waals surface area contributed by atoms with Crippen molar-refractivity contribution in [2.75, 3.05) is 9.80 Å². The molecule has 3 aromatic rings. The van der Waals surface area contributed by atoms with Crippen LogP contribution in [0.2, 0.25) is 0 Å². The molecule has 0 bridgehead atoms. The van der Waals surface area contributed by atoms with Gasteiger partial charge in [0.25, 0.3) is 0 Å². The van der Waals surface area contributed by atoms with E-state index in [1.54, 1.807) is 66.7 Å². The maximum atomic E-state index is 14.8. The molecular weight excluding hydrogens is 559 g/mol. The summed E-state index contributed by atoms with van der Waals surface area (Å²) >= 11 is 0. The van der Waals surface area contributed by atoms with E-state index in [1.165, 1.54) is 11.0 Å². The van der Waals surface area contributed by atoms with E-state index in [0.717, 1.165) is 22.1 Å². The minimum atomic E-state index is -0.914. The highest BCUT2D eigenvalue weighted by Gasteiger charge is 2.62. The summed E-state index contributed by atoms with van der Waals surface area (Å²) in [4.78, 5) is 58.3. The van der Waals surface area contributed by atoms with Gasteiger partial charge < -0.3 is 5.11 Å². The minimum Gasteiger partial charge on any atom is -0.505 e. The van der Waals surface area contributed by atoms with Crippen molar-refractivity contribution in [1.29, 1.82) is 0 Å². The van der Waals surface area contributed by atoms with Crippen molar-refractivity contribution in [2.45, 2.75) is 18.8 Å². The number of carbonyl (C=O) groups excluding carboxylic acids is 4. The quantitative estimate of drug-likeness (QED) is 0.298. The highest BCUT2D eigenvalue weighted by Crippen LogP contribution is 2.59. The second-order valence-corrected chi connectivity index (χ2v) is 11.8. The Morgan fingerprint density at radius 3 is 1.82 bits per heavy atom. The highest BCUT2D eigenvalue weighted by atomic mass is 19.1. The van der Waals surface area contributed by atoms with Crippen LogP contribution in [0.4, 0.5) is 15.8 Å². The van der Waals surface area contributed by atoms with Gasteiger partial charge in [-0.05, 0) is 60.2 Å². The smallest absolute Gasteiger partial charge is 0.238 e. The molecule has 1 N–H and O–H groups in total. The lowest BCUT2D eigenvalue weighted by molar-refractivity contribution is -0.126. The van der Waals surface area contributed by atoms with E-state index in [-0.39, 0.29) is 30.2 Å². The molecule has 4 amide bonds. The first-order valence-electron chi connectivity index (χ1n) is 14.6. The number of allylic oxidation sites excluding steroid dienone is 2. The first-order chi connectivity index (χ1) is 21.2. The Labute approximate surface area is 253 Å². The van der Waals surface area contributed by atoms with Crippen molar-refractivity contribution in [3.63, 3.8) is 0 Å². The van der Waals surface area contributed by atoms with E-state index >= 15 is 0 Å². The number of nitrogens with zero attached hydrogens (tertiary/aromatic N) is 2. The normalized spacial score (nSPS) is 27.5. The summed E-state index contributed by atoms with van der Waals surface area (Å²) in [5.41, 5.74) is 3.40. The van der Waals surface area contributed by atoms with Gasteiger partial charge in [-0.1, -0.05) is 73.4 Å². The molecule has 2 aliphatic heterocycles. The summed E-state index contributed by atoms with van der Waals surface area (Å²) in [7, 11) is 0. The number of phenolic OH excluding ortho intramolecular Hbond substituents is 1. The molecule has 2 saturated heterocycles. The third-order valence-electron chi connectivity index (χ3n) is 9.78. The van der Waals surface area contributed by atoms with Gasteiger partial charge in [-0.2, -0.15) is 0 Å². The molecule has 220 valence electrons. The van der Waals surface area contributed by atoms with Crippen molar-refractivity contribution >= 4 is 47.2 Å². The maximum Gasteiger partial charge on any atom is 0.238 e. The summed E-state index contributed by atoms with van der Waals surface area (Å²) < 4.78 is 14.8. The van der Waals surface area contributed by atoms with E-state index in [2.05, 4.69) is 13.2 Å². The van der Waals surface area contributed by atoms with Gasteiger partial charge in [-0.25, -0.2) is 4.39 Å². The molecule has 4 aliphatic rings. The van der Waals surface area contributed by atoms with E-state index < -0.39 is 58.9 Å². The second kappa shape index (κ2) is 10.3. The summed E-state index contributed by atoms with van der Waals surface area (Å²) in [5.74, 6) is -7.53. The minimum absolute atomic E-state index is 0.179. The third kappa shape index (κ3) is 3.93. The fourth-order valence-corrected chi connectivity index (χ4v) is 7.75. The molecule has 0 spiro atoms. The number of amides is 4. The lowest BCUT2D eigenvalue weighted by atomic mass is 9.57. The summed E-state index contributed by atoms with van der Waals surface area (Å²) in [6.07, 6.45) is 5.63. The molecule has 7 rings (SSSR count). The zero-order valence-corrected chi connectivity index (χ0v) is 23.7. The molecule has 7 nitrogen and oxygen atoms in total. The van der Waals surface area contributed by atoms with Crippen LogP contribution in [0, 0.1) is 35.4 Å². The zero-order chi connectivity index (χ0) is 30.9. The number of fused-ring (bicyclic) bond motifs is 4. The number of phenols is 1. The van der Waals surface area contributed by atoms with Crippen LogP contribution < -0.4 is 9.80 Å². The number of anilines is 2. The van der Waals surface area contributed by atoms with Crippen LogP contribution in [0.15, 0.2) is 91.5 Å². The number of hydrogen-bond donors (Lipinski definition) is 1. The van der Waals surface area contributed by atoms with E-state index in [9.17, 15) is 28.7 Å². The largest absolute Gasteiger partial charge is 0.505 e. The van der Waals surface area contributed by atoms with Crippen LogP contribution in [-0.2, 0) is 19.2 Å². The van der Waals surface area contributed by atoms with Crippen LogP contribution in [0.25, 0.3) is 12.2 Å². The van der Waals surface area contributed by atoms with Gasteiger partial charge in [0.2, 0.25) is 23.6 Å². The monoisotopic (exact) mass is 588 g/mol. The number of hydrogen-bond acceptors (Lipinski definition) is 5. The van der Waals surface area contributed by atoms with Gasteiger partial charge in [-0.3, -0.25) is 29.0 Å². The number of imide groups is 2. The molecular formula is C36H29FN2O5. The lowest BCUT2D eigenvalue weighted by Gasteiger charge is -2.44. The predicted octanol–water partition coefficient (Wildman–Crippen LogP) is 5.86. The molecule has 0 aromatic heterocycles.